The first-order chi connectivity index (χ1) is 8.34. The molecule has 0 radical (unpaired) electrons. The Morgan fingerprint density at radius 2 is 2.00 bits per heavy atom. The Balaban J connectivity index is 1.69. The van der Waals surface area contributed by atoms with Crippen LogP contribution in [-0.4, -0.2) is 43.2 Å². The third-order valence-corrected chi connectivity index (χ3v) is 3.25. The molecule has 90 valence electrons. The van der Waals surface area contributed by atoms with Crippen molar-refractivity contribution in [3.63, 3.8) is 0 Å². The molecule has 2 aliphatic heterocycles. The number of hydrogen-bond donors (Lipinski definition) is 0. The highest BCUT2D eigenvalue weighted by atomic mass is 16.5. The first-order valence-corrected chi connectivity index (χ1v) is 5.96. The van der Waals surface area contributed by atoms with Crippen molar-refractivity contribution >= 4 is 5.91 Å². The maximum absolute atomic E-state index is 12.2. The van der Waals surface area contributed by atoms with Crippen molar-refractivity contribution in [3.05, 3.63) is 29.8 Å². The molecule has 0 aromatic heterocycles. The average Bonchev–Trinajstić information content (AvgIpc) is 2.82. The molecule has 1 aromatic rings. The summed E-state index contributed by atoms with van der Waals surface area (Å²) in [5, 5.41) is 0. The Hall–Kier alpha value is -1.55. The van der Waals surface area contributed by atoms with Gasteiger partial charge in [0, 0.05) is 19.5 Å². The van der Waals surface area contributed by atoms with Crippen LogP contribution >= 0.6 is 0 Å². The molecule has 1 unspecified atom stereocenters. The van der Waals surface area contributed by atoms with Gasteiger partial charge in [0.1, 0.15) is 5.75 Å². The molecule has 17 heavy (non-hydrogen) atoms. The van der Waals surface area contributed by atoms with Crippen molar-refractivity contribution in [2.24, 2.45) is 0 Å². The van der Waals surface area contributed by atoms with E-state index in [0.29, 0.717) is 32.7 Å². The number of nitrogens with zero attached hydrogens (tertiary/aromatic N) is 1. The minimum atomic E-state index is -0.342. The van der Waals surface area contributed by atoms with Gasteiger partial charge in [-0.3, -0.25) is 4.79 Å². The molecule has 0 bridgehead atoms. The Morgan fingerprint density at radius 3 is 2.76 bits per heavy atom. The number of benzene rings is 1. The summed E-state index contributed by atoms with van der Waals surface area (Å²) in [4.78, 5) is 14.0. The van der Waals surface area contributed by atoms with Crippen LogP contribution in [0.15, 0.2) is 24.3 Å². The van der Waals surface area contributed by atoms with E-state index in [1.165, 1.54) is 0 Å². The van der Waals surface area contributed by atoms with Crippen LogP contribution in [0.1, 0.15) is 5.56 Å². The quantitative estimate of drug-likeness (QED) is 0.721. The van der Waals surface area contributed by atoms with Crippen LogP contribution in [0, 0.1) is 0 Å². The molecule has 0 spiro atoms. The topological polar surface area (TPSA) is 38.8 Å². The molecule has 4 heteroatoms. The second-order valence-corrected chi connectivity index (χ2v) is 4.36. The second kappa shape index (κ2) is 4.37. The van der Waals surface area contributed by atoms with E-state index in [0.717, 1.165) is 11.3 Å². The van der Waals surface area contributed by atoms with Crippen molar-refractivity contribution in [1.82, 2.24) is 4.90 Å². The van der Waals surface area contributed by atoms with Gasteiger partial charge in [0.25, 0.3) is 5.91 Å². The van der Waals surface area contributed by atoms with Gasteiger partial charge in [-0.25, -0.2) is 0 Å². The smallest absolute Gasteiger partial charge is 0.264 e. The molecular formula is C13H15NO3. The van der Waals surface area contributed by atoms with E-state index in [2.05, 4.69) is 0 Å². The number of amides is 1. The van der Waals surface area contributed by atoms with Crippen LogP contribution < -0.4 is 4.74 Å². The number of ether oxygens (including phenoxy) is 2. The molecule has 1 atom stereocenters. The van der Waals surface area contributed by atoms with Crippen LogP contribution in [0.4, 0.5) is 0 Å². The van der Waals surface area contributed by atoms with Gasteiger partial charge in [0.2, 0.25) is 0 Å². The van der Waals surface area contributed by atoms with E-state index in [1.807, 2.05) is 29.2 Å². The number of hydrogen-bond acceptors (Lipinski definition) is 3. The number of fused-ring (bicyclic) bond motifs is 1. The van der Waals surface area contributed by atoms with Crippen LogP contribution in [0.25, 0.3) is 0 Å². The minimum Gasteiger partial charge on any atom is -0.480 e. The summed E-state index contributed by atoms with van der Waals surface area (Å²) in [6.07, 6.45) is 0.345. The number of morpholine rings is 1. The molecule has 3 rings (SSSR count). The summed E-state index contributed by atoms with van der Waals surface area (Å²) in [7, 11) is 0. The summed E-state index contributed by atoms with van der Waals surface area (Å²) in [6, 6.07) is 7.84. The molecule has 1 amide bonds. The predicted molar refractivity (Wildman–Crippen MR) is 62.0 cm³/mol. The number of carbonyl (C=O) groups is 1. The van der Waals surface area contributed by atoms with Crippen LogP contribution in [0.3, 0.4) is 0 Å². The molecule has 1 aromatic carbocycles. The number of carbonyl (C=O) groups excluding carboxylic acids is 1. The van der Waals surface area contributed by atoms with Crippen molar-refractivity contribution in [1.29, 1.82) is 0 Å². The summed E-state index contributed by atoms with van der Waals surface area (Å²) in [5.74, 6) is 0.934. The predicted octanol–water partition coefficient (Wildman–Crippen LogP) is 0.849. The molecule has 1 fully saturated rings. The Bertz CT molecular complexity index is 401. The first kappa shape index (κ1) is 10.6. The van der Waals surface area contributed by atoms with Gasteiger partial charge < -0.3 is 14.4 Å². The second-order valence-electron chi connectivity index (χ2n) is 4.36. The third-order valence-electron chi connectivity index (χ3n) is 3.25. The lowest BCUT2D eigenvalue weighted by Gasteiger charge is -2.28. The molecule has 2 aliphatic rings. The van der Waals surface area contributed by atoms with E-state index < -0.39 is 0 Å². The zero-order valence-electron chi connectivity index (χ0n) is 9.59. The Morgan fingerprint density at radius 1 is 1.24 bits per heavy atom. The summed E-state index contributed by atoms with van der Waals surface area (Å²) in [5.41, 5.74) is 1.12. The lowest BCUT2D eigenvalue weighted by Crippen LogP contribution is -2.47. The fourth-order valence-corrected chi connectivity index (χ4v) is 2.31. The highest BCUT2D eigenvalue weighted by Crippen LogP contribution is 2.28. The first-order valence-electron chi connectivity index (χ1n) is 5.96. The molecule has 2 heterocycles. The lowest BCUT2D eigenvalue weighted by molar-refractivity contribution is -0.142. The fourth-order valence-electron chi connectivity index (χ4n) is 2.31. The molecule has 4 nitrogen and oxygen atoms in total. The van der Waals surface area contributed by atoms with Crippen LogP contribution in [-0.2, 0) is 16.0 Å². The zero-order valence-corrected chi connectivity index (χ0v) is 9.59. The summed E-state index contributed by atoms with van der Waals surface area (Å²) < 4.78 is 10.9. The van der Waals surface area contributed by atoms with E-state index in [-0.39, 0.29) is 12.0 Å². The Kier molecular flexibility index (Phi) is 2.73. The van der Waals surface area contributed by atoms with Crippen LogP contribution in [0.5, 0.6) is 5.75 Å². The van der Waals surface area contributed by atoms with Gasteiger partial charge in [-0.15, -0.1) is 0 Å². The fraction of sp³-hybridized carbons (Fsp3) is 0.462. The highest BCUT2D eigenvalue weighted by molar-refractivity contribution is 5.82. The number of para-hydroxylation sites is 1. The van der Waals surface area contributed by atoms with Gasteiger partial charge in [-0.1, -0.05) is 18.2 Å². The van der Waals surface area contributed by atoms with E-state index in [9.17, 15) is 4.79 Å². The molecule has 0 N–H and O–H groups in total. The SMILES string of the molecule is O=C(C1Cc2ccccc2O1)N1CCOCC1. The normalized spacial score (nSPS) is 23.1. The van der Waals surface area contributed by atoms with Gasteiger partial charge in [-0.2, -0.15) is 0 Å². The van der Waals surface area contributed by atoms with Crippen molar-refractivity contribution in [2.45, 2.75) is 12.5 Å². The van der Waals surface area contributed by atoms with Crippen LogP contribution in [0.2, 0.25) is 0 Å². The summed E-state index contributed by atoms with van der Waals surface area (Å²) >= 11 is 0. The van der Waals surface area contributed by atoms with Gasteiger partial charge >= 0.3 is 0 Å². The molecular weight excluding hydrogens is 218 g/mol. The maximum Gasteiger partial charge on any atom is 0.264 e. The number of rotatable bonds is 1. The largest absolute Gasteiger partial charge is 0.480 e. The maximum atomic E-state index is 12.2. The van der Waals surface area contributed by atoms with E-state index in [1.54, 1.807) is 0 Å². The zero-order chi connectivity index (χ0) is 11.7. The minimum absolute atomic E-state index is 0.0875. The molecule has 1 saturated heterocycles. The van der Waals surface area contributed by atoms with Gasteiger partial charge in [0.05, 0.1) is 13.2 Å². The lowest BCUT2D eigenvalue weighted by atomic mass is 10.1. The van der Waals surface area contributed by atoms with Crippen molar-refractivity contribution in [2.75, 3.05) is 26.3 Å². The molecule has 0 aliphatic carbocycles. The van der Waals surface area contributed by atoms with Gasteiger partial charge in [-0.05, 0) is 11.6 Å². The van der Waals surface area contributed by atoms with Gasteiger partial charge in [0.15, 0.2) is 6.10 Å². The Labute approximate surface area is 100 Å². The highest BCUT2D eigenvalue weighted by Gasteiger charge is 2.32. The van der Waals surface area contributed by atoms with Crippen molar-refractivity contribution in [3.8, 4) is 5.75 Å². The van der Waals surface area contributed by atoms with Crippen molar-refractivity contribution < 1.29 is 14.3 Å². The summed E-state index contributed by atoms with van der Waals surface area (Å²) in [6.45, 7) is 2.61. The van der Waals surface area contributed by atoms with E-state index >= 15 is 0 Å². The standard InChI is InChI=1S/C13H15NO3/c15-13(14-5-7-16-8-6-14)12-9-10-3-1-2-4-11(10)17-12/h1-4,12H,5-9H2. The molecule has 0 saturated carbocycles. The van der Waals surface area contributed by atoms with E-state index in [4.69, 9.17) is 9.47 Å². The average molecular weight is 233 g/mol. The third kappa shape index (κ3) is 2.00. The monoisotopic (exact) mass is 233 g/mol.